The van der Waals surface area contributed by atoms with E-state index in [1.807, 2.05) is 96.8 Å². The number of carbonyl (C=O) groups excluding carboxylic acids is 1. The van der Waals surface area contributed by atoms with Crippen molar-refractivity contribution in [3.8, 4) is 11.5 Å². The fourth-order valence-corrected chi connectivity index (χ4v) is 7.80. The van der Waals surface area contributed by atoms with Gasteiger partial charge in [0.1, 0.15) is 46.5 Å². The summed E-state index contributed by atoms with van der Waals surface area (Å²) in [7, 11) is 5.02. The summed E-state index contributed by atoms with van der Waals surface area (Å²) in [6.07, 6.45) is -0.621. The fraction of sp³-hybridized carbons (Fsp3) is 0.279. The van der Waals surface area contributed by atoms with E-state index < -0.39 is 41.2 Å². The minimum Gasteiger partial charge on any atom is -0.497 e. The lowest BCUT2D eigenvalue weighted by Gasteiger charge is -2.41. The zero-order valence-electron chi connectivity index (χ0n) is 32.2. The van der Waals surface area contributed by atoms with Gasteiger partial charge >= 0.3 is 5.69 Å². The monoisotopic (exact) mass is 769 g/mol. The summed E-state index contributed by atoms with van der Waals surface area (Å²) in [5, 5.41) is 19.8. The highest BCUT2D eigenvalue weighted by Crippen LogP contribution is 2.50. The number of aromatic nitrogens is 5. The lowest BCUT2D eigenvalue weighted by molar-refractivity contribution is -0.159. The van der Waals surface area contributed by atoms with Crippen molar-refractivity contribution < 1.29 is 28.8 Å². The highest BCUT2D eigenvalue weighted by Gasteiger charge is 2.66. The van der Waals surface area contributed by atoms with Gasteiger partial charge in [0, 0.05) is 24.4 Å². The number of amides is 1. The molecule has 4 aromatic carbocycles. The Morgan fingerprint density at radius 2 is 1.46 bits per heavy atom. The summed E-state index contributed by atoms with van der Waals surface area (Å²) in [6.45, 7) is 3.61. The van der Waals surface area contributed by atoms with E-state index in [9.17, 15) is 14.7 Å². The Morgan fingerprint density at radius 3 is 2.02 bits per heavy atom. The minimum atomic E-state index is -1.38. The van der Waals surface area contributed by atoms with Gasteiger partial charge in [0.05, 0.1) is 27.4 Å². The smallest absolute Gasteiger partial charge is 0.351 e. The highest BCUT2D eigenvalue weighted by molar-refractivity contribution is 6.04. The number of morpholine rings is 1. The van der Waals surface area contributed by atoms with E-state index in [0.717, 1.165) is 16.7 Å². The van der Waals surface area contributed by atoms with Crippen LogP contribution < -0.4 is 25.4 Å². The van der Waals surface area contributed by atoms with Gasteiger partial charge in [-0.15, -0.1) is 5.10 Å². The summed E-state index contributed by atoms with van der Waals surface area (Å²) in [5.41, 5.74) is 0.111. The lowest BCUT2D eigenvalue weighted by Crippen LogP contribution is -2.51. The van der Waals surface area contributed by atoms with Crippen molar-refractivity contribution in [3.63, 3.8) is 0 Å². The second-order valence-electron chi connectivity index (χ2n) is 14.3. The maximum absolute atomic E-state index is 13.9. The number of aliphatic hydroxyl groups excluding tert-OH is 1. The molecule has 8 rings (SSSR count). The normalized spacial score (nSPS) is 20.1. The van der Waals surface area contributed by atoms with Crippen molar-refractivity contribution in [2.45, 2.75) is 43.4 Å². The molecule has 4 heterocycles. The number of methoxy groups -OCH3 is 2. The van der Waals surface area contributed by atoms with Crippen molar-refractivity contribution in [1.82, 2.24) is 24.3 Å². The number of aliphatic hydroxyl groups is 1. The maximum Gasteiger partial charge on any atom is 0.351 e. The van der Waals surface area contributed by atoms with Gasteiger partial charge < -0.3 is 34.3 Å². The molecule has 2 N–H and O–H groups in total. The molecule has 4 atom stereocenters. The molecule has 292 valence electrons. The SMILES string of the molecule is COc1ccc(C(OC[C@@]23CN(c4nc(C)n(C)n4)[C@@H]([C@H](n4cc(C)c(NC(=O)c5ccccc5)nc4=O)O2)[C@@H]3O)(c2ccccc2)c2ccc(OC)cc2)cc1. The Kier molecular flexibility index (Phi) is 9.86. The van der Waals surface area contributed by atoms with Crippen LogP contribution in [0.4, 0.5) is 11.8 Å². The average Bonchev–Trinajstić information content (AvgIpc) is 3.84. The summed E-state index contributed by atoms with van der Waals surface area (Å²) in [4.78, 5) is 37.7. The van der Waals surface area contributed by atoms with E-state index in [-0.39, 0.29) is 19.0 Å². The van der Waals surface area contributed by atoms with Crippen LogP contribution in [0.2, 0.25) is 0 Å². The Morgan fingerprint density at radius 1 is 0.877 bits per heavy atom. The van der Waals surface area contributed by atoms with Gasteiger partial charge in [-0.05, 0) is 66.9 Å². The van der Waals surface area contributed by atoms with Crippen LogP contribution in [-0.2, 0) is 22.1 Å². The van der Waals surface area contributed by atoms with Crippen molar-refractivity contribution in [1.29, 1.82) is 0 Å². The zero-order valence-corrected chi connectivity index (χ0v) is 32.2. The van der Waals surface area contributed by atoms with Crippen molar-refractivity contribution in [2.24, 2.45) is 7.05 Å². The first-order valence-electron chi connectivity index (χ1n) is 18.5. The second kappa shape index (κ2) is 15.0. The number of aryl methyl sites for hydroxylation is 3. The molecular formula is C43H43N7O7. The third kappa shape index (κ3) is 6.60. The van der Waals surface area contributed by atoms with Gasteiger partial charge in [-0.1, -0.05) is 72.8 Å². The van der Waals surface area contributed by atoms with Crippen LogP contribution in [0, 0.1) is 13.8 Å². The van der Waals surface area contributed by atoms with Gasteiger partial charge in [-0.2, -0.15) is 9.97 Å². The molecule has 0 unspecified atom stereocenters. The number of nitrogens with zero attached hydrogens (tertiary/aromatic N) is 6. The van der Waals surface area contributed by atoms with Gasteiger partial charge in [-0.25, -0.2) is 4.79 Å². The van der Waals surface area contributed by atoms with Crippen LogP contribution in [0.1, 0.15) is 44.7 Å². The Hall–Kier alpha value is -6.35. The third-order valence-corrected chi connectivity index (χ3v) is 10.9. The number of carbonyl (C=O) groups is 1. The van der Waals surface area contributed by atoms with Gasteiger partial charge in [0.25, 0.3) is 5.91 Å². The van der Waals surface area contributed by atoms with Crippen LogP contribution in [0.5, 0.6) is 11.5 Å². The first-order valence-corrected chi connectivity index (χ1v) is 18.5. The molecule has 57 heavy (non-hydrogen) atoms. The summed E-state index contributed by atoms with van der Waals surface area (Å²) in [6, 6.07) is 33.1. The molecule has 2 aromatic heterocycles. The second-order valence-corrected chi connectivity index (χ2v) is 14.3. The molecule has 0 radical (unpaired) electrons. The van der Waals surface area contributed by atoms with Crippen molar-refractivity contribution >= 4 is 17.7 Å². The zero-order chi connectivity index (χ0) is 39.9. The number of fused-ring (bicyclic) bond motifs is 2. The average molecular weight is 770 g/mol. The van der Waals surface area contributed by atoms with Crippen LogP contribution in [0.15, 0.2) is 120 Å². The molecule has 2 aliphatic rings. The number of benzene rings is 4. The van der Waals surface area contributed by atoms with E-state index >= 15 is 0 Å². The number of ether oxygens (including phenoxy) is 4. The molecule has 14 nitrogen and oxygen atoms in total. The topological polar surface area (TPSA) is 155 Å². The Labute approximate surface area is 329 Å². The molecule has 2 fully saturated rings. The minimum absolute atomic E-state index is 0.122. The number of hydrogen-bond donors (Lipinski definition) is 2. The summed E-state index contributed by atoms with van der Waals surface area (Å²) in [5.74, 6) is 2.12. The summed E-state index contributed by atoms with van der Waals surface area (Å²) < 4.78 is 28.2. The number of rotatable bonds is 12. The maximum atomic E-state index is 13.9. The lowest BCUT2D eigenvalue weighted by atomic mass is 9.79. The van der Waals surface area contributed by atoms with Crippen LogP contribution >= 0.6 is 0 Å². The molecule has 0 spiro atoms. The van der Waals surface area contributed by atoms with Gasteiger partial charge in [0.15, 0.2) is 6.23 Å². The van der Waals surface area contributed by atoms with Crippen molar-refractivity contribution in [3.05, 3.63) is 160 Å². The molecule has 0 aliphatic carbocycles. The van der Waals surface area contributed by atoms with E-state index in [4.69, 9.17) is 23.9 Å². The van der Waals surface area contributed by atoms with E-state index in [1.165, 1.54) is 4.57 Å². The molecular weight excluding hydrogens is 727 g/mol. The van der Waals surface area contributed by atoms with Gasteiger partial charge in [0.2, 0.25) is 5.95 Å². The molecule has 6 aromatic rings. The summed E-state index contributed by atoms with van der Waals surface area (Å²) >= 11 is 0. The predicted octanol–water partition coefficient (Wildman–Crippen LogP) is 4.78. The first kappa shape index (κ1) is 37.6. The highest BCUT2D eigenvalue weighted by atomic mass is 16.6. The fourth-order valence-electron chi connectivity index (χ4n) is 7.80. The largest absolute Gasteiger partial charge is 0.497 e. The quantitative estimate of drug-likeness (QED) is 0.165. The van der Waals surface area contributed by atoms with Crippen LogP contribution in [0.25, 0.3) is 0 Å². The molecule has 2 aliphatic heterocycles. The number of nitrogens with one attached hydrogen (secondary N) is 1. The standard InChI is InChI=1S/C43H43N7O7/c1-27-24-49(41(53)46-37(27)45-38(52)29-12-8-6-9-13-29)39-35-36(51)42(57-39,25-50(35)40-44-28(2)48(3)47-40)26-56-43(30-14-10-7-11-15-30,31-16-20-33(54-4)21-17-31)32-18-22-34(55-5)23-19-32/h6-24,35-36,39,51H,25-26H2,1-5H3,(H,45,46,52,53)/t35-,36+,39-,42-/m1/s1. The first-order chi connectivity index (χ1) is 27.6. The molecule has 1 amide bonds. The van der Waals surface area contributed by atoms with E-state index in [1.54, 1.807) is 63.3 Å². The van der Waals surface area contributed by atoms with Crippen molar-refractivity contribution in [2.75, 3.05) is 37.6 Å². The Balaban J connectivity index is 1.21. The molecule has 14 heteroatoms. The van der Waals surface area contributed by atoms with Crippen LogP contribution in [-0.4, -0.2) is 80.4 Å². The number of hydrogen-bond acceptors (Lipinski definition) is 11. The Bertz CT molecular complexity index is 2370. The predicted molar refractivity (Wildman–Crippen MR) is 212 cm³/mol. The number of anilines is 2. The molecule has 0 saturated carbocycles. The van der Waals surface area contributed by atoms with E-state index in [2.05, 4.69) is 15.4 Å². The molecule has 2 bridgehead atoms. The molecule has 2 saturated heterocycles. The van der Waals surface area contributed by atoms with Crippen LogP contribution in [0.3, 0.4) is 0 Å². The van der Waals surface area contributed by atoms with E-state index in [0.29, 0.717) is 34.4 Å². The van der Waals surface area contributed by atoms with Gasteiger partial charge in [-0.3, -0.25) is 14.0 Å². The third-order valence-electron chi connectivity index (χ3n) is 10.9.